The lowest BCUT2D eigenvalue weighted by molar-refractivity contribution is 0.628. The monoisotopic (exact) mass is 243 g/mol. The minimum Gasteiger partial charge on any atom is -0.205 e. The molecule has 0 bridgehead atoms. The van der Waals surface area contributed by atoms with Crippen LogP contribution in [-0.4, -0.2) is 0 Å². The number of rotatable bonds is 2. The molecule has 0 saturated heterocycles. The zero-order chi connectivity index (χ0) is 11.4. The largest absolute Gasteiger partial charge is 0.205 e. The average molecular weight is 244 g/mol. The maximum Gasteiger partial charge on any atom is 0.142 e. The van der Waals surface area contributed by atoms with Crippen LogP contribution in [0.25, 0.3) is 5.03 Å². The Hall–Kier alpha value is -1.04. The standard InChI is InChI=1S/C11H8Cl2FN/c1-2-7(6-15)10(12)8-4-3-5-9(14)11(8)13/h3-5H,2H2,1H3/b10-7-. The third-order valence-electron chi connectivity index (χ3n) is 1.94. The molecule has 1 aromatic carbocycles. The molecule has 0 heterocycles. The molecule has 0 unspecified atom stereocenters. The van der Waals surface area contributed by atoms with Gasteiger partial charge in [0.1, 0.15) is 5.82 Å². The summed E-state index contributed by atoms with van der Waals surface area (Å²) in [6, 6.07) is 6.29. The molecule has 0 N–H and O–H groups in total. The van der Waals surface area contributed by atoms with Gasteiger partial charge in [-0.1, -0.05) is 42.3 Å². The quantitative estimate of drug-likeness (QED) is 0.709. The first-order chi connectivity index (χ1) is 7.11. The molecule has 78 valence electrons. The Kier molecular flexibility index (Phi) is 4.14. The van der Waals surface area contributed by atoms with Crippen LogP contribution in [-0.2, 0) is 0 Å². The van der Waals surface area contributed by atoms with Crippen LogP contribution in [0.2, 0.25) is 5.02 Å². The maximum atomic E-state index is 13.1. The molecule has 15 heavy (non-hydrogen) atoms. The summed E-state index contributed by atoms with van der Waals surface area (Å²) in [5, 5.41) is 8.95. The Balaban J connectivity index is 3.35. The van der Waals surface area contributed by atoms with Crippen molar-refractivity contribution >= 4 is 28.2 Å². The minimum absolute atomic E-state index is 0.0521. The highest BCUT2D eigenvalue weighted by Gasteiger charge is 2.11. The van der Waals surface area contributed by atoms with E-state index in [0.717, 1.165) is 0 Å². The van der Waals surface area contributed by atoms with Gasteiger partial charge in [-0.05, 0) is 12.5 Å². The molecule has 0 aromatic heterocycles. The first kappa shape index (κ1) is 12.0. The zero-order valence-corrected chi connectivity index (χ0v) is 9.53. The molecule has 1 aromatic rings. The summed E-state index contributed by atoms with van der Waals surface area (Å²) in [6.45, 7) is 1.80. The Bertz CT molecular complexity index is 446. The van der Waals surface area contributed by atoms with E-state index in [4.69, 9.17) is 28.5 Å². The van der Waals surface area contributed by atoms with Gasteiger partial charge in [-0.15, -0.1) is 0 Å². The van der Waals surface area contributed by atoms with Crippen LogP contribution in [0.3, 0.4) is 0 Å². The molecule has 0 saturated carbocycles. The molecule has 0 radical (unpaired) electrons. The van der Waals surface area contributed by atoms with Gasteiger partial charge in [0.25, 0.3) is 0 Å². The SMILES string of the molecule is CC/C(C#N)=C(/Cl)c1cccc(F)c1Cl. The predicted octanol–water partition coefficient (Wildman–Crippen LogP) is 4.36. The first-order valence-corrected chi connectivity index (χ1v) is 5.10. The van der Waals surface area contributed by atoms with Crippen LogP contribution >= 0.6 is 23.2 Å². The van der Waals surface area contributed by atoms with Gasteiger partial charge in [0.2, 0.25) is 0 Å². The second-order valence-corrected chi connectivity index (χ2v) is 3.62. The zero-order valence-electron chi connectivity index (χ0n) is 8.02. The van der Waals surface area contributed by atoms with E-state index >= 15 is 0 Å². The van der Waals surface area contributed by atoms with Gasteiger partial charge >= 0.3 is 0 Å². The van der Waals surface area contributed by atoms with Gasteiger partial charge in [-0.2, -0.15) is 5.26 Å². The van der Waals surface area contributed by atoms with Crippen LogP contribution < -0.4 is 0 Å². The van der Waals surface area contributed by atoms with Crippen molar-refractivity contribution in [3.8, 4) is 6.07 Å². The van der Waals surface area contributed by atoms with Gasteiger partial charge in [0.05, 0.1) is 16.1 Å². The van der Waals surface area contributed by atoms with Crippen molar-refractivity contribution in [2.45, 2.75) is 13.3 Å². The van der Waals surface area contributed by atoms with Gasteiger partial charge in [-0.25, -0.2) is 4.39 Å². The molecule has 0 spiro atoms. The van der Waals surface area contributed by atoms with Crippen molar-refractivity contribution in [3.05, 3.63) is 40.2 Å². The molecular weight excluding hydrogens is 236 g/mol. The lowest BCUT2D eigenvalue weighted by atomic mass is 10.1. The van der Waals surface area contributed by atoms with Crippen molar-refractivity contribution in [3.63, 3.8) is 0 Å². The molecule has 0 fully saturated rings. The average Bonchev–Trinajstić information content (AvgIpc) is 2.23. The summed E-state index contributed by atoms with van der Waals surface area (Å²) < 4.78 is 13.1. The predicted molar refractivity (Wildman–Crippen MR) is 60.1 cm³/mol. The maximum absolute atomic E-state index is 13.1. The Labute approximate surface area is 97.7 Å². The summed E-state index contributed by atoms with van der Waals surface area (Å²) in [7, 11) is 0. The van der Waals surface area contributed by atoms with Crippen molar-refractivity contribution in [2.24, 2.45) is 0 Å². The van der Waals surface area contributed by atoms with Crippen molar-refractivity contribution in [1.82, 2.24) is 0 Å². The normalized spacial score (nSPS) is 11.9. The lowest BCUT2D eigenvalue weighted by Gasteiger charge is -2.05. The van der Waals surface area contributed by atoms with E-state index < -0.39 is 5.82 Å². The Morgan fingerprint density at radius 2 is 2.20 bits per heavy atom. The van der Waals surface area contributed by atoms with Crippen LogP contribution in [0.4, 0.5) is 4.39 Å². The fourth-order valence-electron chi connectivity index (χ4n) is 1.12. The summed E-state index contributed by atoms with van der Waals surface area (Å²) in [5.74, 6) is -0.541. The van der Waals surface area contributed by atoms with Crippen molar-refractivity contribution in [1.29, 1.82) is 5.26 Å². The second kappa shape index (κ2) is 5.16. The van der Waals surface area contributed by atoms with E-state index in [2.05, 4.69) is 0 Å². The van der Waals surface area contributed by atoms with Crippen molar-refractivity contribution in [2.75, 3.05) is 0 Å². The van der Waals surface area contributed by atoms with E-state index in [-0.39, 0.29) is 10.1 Å². The third-order valence-corrected chi connectivity index (χ3v) is 2.76. The van der Waals surface area contributed by atoms with E-state index in [1.165, 1.54) is 12.1 Å². The number of benzene rings is 1. The van der Waals surface area contributed by atoms with E-state index in [1.807, 2.05) is 6.07 Å². The first-order valence-electron chi connectivity index (χ1n) is 4.35. The van der Waals surface area contributed by atoms with Gasteiger partial charge in [0, 0.05) is 11.1 Å². The van der Waals surface area contributed by atoms with Crippen molar-refractivity contribution < 1.29 is 4.39 Å². The molecule has 0 aliphatic rings. The van der Waals surface area contributed by atoms with Crippen LogP contribution in [0.15, 0.2) is 23.8 Å². The fourth-order valence-corrected chi connectivity index (χ4v) is 1.72. The number of allylic oxidation sites excluding steroid dienone is 1. The van der Waals surface area contributed by atoms with E-state index in [1.54, 1.807) is 13.0 Å². The lowest BCUT2D eigenvalue weighted by Crippen LogP contribution is -1.88. The van der Waals surface area contributed by atoms with Crippen LogP contribution in [0.1, 0.15) is 18.9 Å². The summed E-state index contributed by atoms with van der Waals surface area (Å²) in [6.07, 6.45) is 0.488. The Morgan fingerprint density at radius 1 is 1.53 bits per heavy atom. The molecule has 4 heteroatoms. The highest BCUT2D eigenvalue weighted by molar-refractivity contribution is 6.51. The molecule has 1 rings (SSSR count). The number of halogens is 3. The van der Waals surface area contributed by atoms with Gasteiger partial charge in [0.15, 0.2) is 0 Å². The third kappa shape index (κ3) is 2.50. The molecule has 1 nitrogen and oxygen atoms in total. The van der Waals surface area contributed by atoms with Gasteiger partial charge in [-0.3, -0.25) is 0 Å². The molecule has 0 aliphatic heterocycles. The molecular formula is C11H8Cl2FN. The molecule has 0 atom stereocenters. The number of nitrogens with zero attached hydrogens (tertiary/aromatic N) is 1. The smallest absolute Gasteiger partial charge is 0.142 e. The second-order valence-electron chi connectivity index (χ2n) is 2.86. The topological polar surface area (TPSA) is 23.8 Å². The summed E-state index contributed by atoms with van der Waals surface area (Å²) in [4.78, 5) is 0. The van der Waals surface area contributed by atoms with Crippen LogP contribution in [0.5, 0.6) is 0 Å². The van der Waals surface area contributed by atoms with Gasteiger partial charge < -0.3 is 0 Å². The van der Waals surface area contributed by atoms with Crippen LogP contribution in [0, 0.1) is 17.1 Å². The van der Waals surface area contributed by atoms with E-state index in [9.17, 15) is 4.39 Å². The molecule has 0 amide bonds. The number of hydrogen-bond acceptors (Lipinski definition) is 1. The number of nitriles is 1. The number of hydrogen-bond donors (Lipinski definition) is 0. The van der Waals surface area contributed by atoms with E-state index in [0.29, 0.717) is 17.6 Å². The summed E-state index contributed by atoms with van der Waals surface area (Å²) in [5.41, 5.74) is 0.751. The molecule has 0 aliphatic carbocycles. The minimum atomic E-state index is -0.541. The summed E-state index contributed by atoms with van der Waals surface area (Å²) >= 11 is 11.7. The fraction of sp³-hybridized carbons (Fsp3) is 0.182. The highest BCUT2D eigenvalue weighted by Crippen LogP contribution is 2.31. The highest BCUT2D eigenvalue weighted by atomic mass is 35.5. The Morgan fingerprint density at radius 3 is 2.73 bits per heavy atom.